The van der Waals surface area contributed by atoms with Gasteiger partial charge in [0.15, 0.2) is 0 Å². The quantitative estimate of drug-likeness (QED) is 0.809. The molecule has 2 rings (SSSR count). The zero-order chi connectivity index (χ0) is 12.3. The van der Waals surface area contributed by atoms with Crippen LogP contribution in [-0.2, 0) is 4.74 Å². The van der Waals surface area contributed by atoms with E-state index in [1.165, 1.54) is 11.3 Å². The highest BCUT2D eigenvalue weighted by Gasteiger charge is 2.17. The van der Waals surface area contributed by atoms with Crippen LogP contribution in [-0.4, -0.2) is 11.0 Å². The maximum absolute atomic E-state index is 11.8. The molecule has 2 aromatic heterocycles. The molecule has 0 aliphatic rings. The monoisotopic (exact) mass is 311 g/mol. The number of hydrogen-bond acceptors (Lipinski definition) is 4. The average molecular weight is 312 g/mol. The van der Waals surface area contributed by atoms with Gasteiger partial charge in [0.2, 0.25) is 0 Å². The second-order valence-electron chi connectivity index (χ2n) is 3.40. The van der Waals surface area contributed by atoms with Gasteiger partial charge in [-0.05, 0) is 46.4 Å². The van der Waals surface area contributed by atoms with Gasteiger partial charge in [0, 0.05) is 10.7 Å². The number of hydrogen-bond donors (Lipinski definition) is 0. The van der Waals surface area contributed by atoms with E-state index in [4.69, 9.17) is 4.74 Å². The molecule has 3 nitrogen and oxygen atoms in total. The summed E-state index contributed by atoms with van der Waals surface area (Å²) in [6, 6.07) is 7.36. The summed E-state index contributed by atoms with van der Waals surface area (Å²) in [5.41, 5.74) is 0.744. The zero-order valence-electron chi connectivity index (χ0n) is 9.09. The van der Waals surface area contributed by atoms with Crippen molar-refractivity contribution >= 4 is 33.2 Å². The topological polar surface area (TPSA) is 39.2 Å². The van der Waals surface area contributed by atoms with Crippen LogP contribution in [0.4, 0.5) is 0 Å². The number of aromatic nitrogens is 1. The largest absolute Gasteiger partial charge is 0.452 e. The Morgan fingerprint density at radius 2 is 2.29 bits per heavy atom. The van der Waals surface area contributed by atoms with Crippen LogP contribution in [0.5, 0.6) is 0 Å². The van der Waals surface area contributed by atoms with Crippen molar-refractivity contribution < 1.29 is 9.53 Å². The first-order valence-electron chi connectivity index (χ1n) is 5.03. The van der Waals surface area contributed by atoms with Crippen molar-refractivity contribution in [1.82, 2.24) is 4.98 Å². The van der Waals surface area contributed by atoms with Crippen molar-refractivity contribution in [2.24, 2.45) is 0 Å². The minimum absolute atomic E-state index is 0.329. The summed E-state index contributed by atoms with van der Waals surface area (Å²) < 4.78 is 6.11. The van der Waals surface area contributed by atoms with Gasteiger partial charge < -0.3 is 4.74 Å². The molecule has 0 spiro atoms. The summed E-state index contributed by atoms with van der Waals surface area (Å²) in [4.78, 5) is 16.6. The molecule has 0 aliphatic carbocycles. The molecule has 88 valence electrons. The van der Waals surface area contributed by atoms with Crippen molar-refractivity contribution in [2.75, 3.05) is 0 Å². The van der Waals surface area contributed by atoms with Gasteiger partial charge in [-0.25, -0.2) is 4.79 Å². The molecule has 0 bridgehead atoms. The lowest BCUT2D eigenvalue weighted by Crippen LogP contribution is -2.09. The molecule has 0 aromatic carbocycles. The number of pyridine rings is 1. The van der Waals surface area contributed by atoms with Crippen LogP contribution in [0.3, 0.4) is 0 Å². The second kappa shape index (κ2) is 5.42. The van der Waals surface area contributed by atoms with Crippen molar-refractivity contribution in [2.45, 2.75) is 13.0 Å². The lowest BCUT2D eigenvalue weighted by Gasteiger charge is -2.11. The van der Waals surface area contributed by atoms with Crippen LogP contribution in [0.1, 0.15) is 28.4 Å². The van der Waals surface area contributed by atoms with Crippen LogP contribution < -0.4 is 0 Å². The summed E-state index contributed by atoms with van der Waals surface area (Å²) in [7, 11) is 0. The maximum Gasteiger partial charge on any atom is 0.350 e. The molecular formula is C12H10BrNO2S. The Hall–Kier alpha value is -1.20. The van der Waals surface area contributed by atoms with E-state index < -0.39 is 0 Å². The Bertz CT molecular complexity index is 512. The minimum Gasteiger partial charge on any atom is -0.452 e. The molecule has 17 heavy (non-hydrogen) atoms. The third kappa shape index (κ3) is 2.92. The van der Waals surface area contributed by atoms with Gasteiger partial charge in [-0.1, -0.05) is 6.07 Å². The number of rotatable bonds is 3. The number of esters is 1. The maximum atomic E-state index is 11.8. The summed E-state index contributed by atoms with van der Waals surface area (Å²) in [6.45, 7) is 1.81. The zero-order valence-corrected chi connectivity index (χ0v) is 11.5. The highest BCUT2D eigenvalue weighted by molar-refractivity contribution is 9.10. The number of nitrogens with zero attached hydrogens (tertiary/aromatic N) is 1. The second-order valence-corrected chi connectivity index (χ2v) is 5.17. The molecule has 1 unspecified atom stereocenters. The van der Waals surface area contributed by atoms with Crippen molar-refractivity contribution in [3.8, 4) is 0 Å². The van der Waals surface area contributed by atoms with Gasteiger partial charge >= 0.3 is 5.97 Å². The molecular weight excluding hydrogens is 302 g/mol. The molecule has 0 saturated heterocycles. The van der Waals surface area contributed by atoms with Crippen molar-refractivity contribution in [3.05, 3.63) is 50.9 Å². The van der Waals surface area contributed by atoms with Crippen LogP contribution in [0, 0.1) is 0 Å². The van der Waals surface area contributed by atoms with Gasteiger partial charge in [-0.3, -0.25) is 4.98 Å². The third-order valence-electron chi connectivity index (χ3n) is 2.19. The van der Waals surface area contributed by atoms with E-state index >= 15 is 0 Å². The van der Waals surface area contributed by atoms with E-state index in [-0.39, 0.29) is 12.1 Å². The number of carbonyl (C=O) groups excluding carboxylic acids is 1. The van der Waals surface area contributed by atoms with Crippen LogP contribution >= 0.6 is 27.3 Å². The highest BCUT2D eigenvalue weighted by Crippen LogP contribution is 2.25. The van der Waals surface area contributed by atoms with E-state index in [2.05, 4.69) is 20.9 Å². The predicted octanol–water partition coefficient (Wildman–Crippen LogP) is 3.82. The first-order valence-corrected chi connectivity index (χ1v) is 6.70. The predicted molar refractivity (Wildman–Crippen MR) is 70.1 cm³/mol. The molecule has 0 N–H and O–H groups in total. The van der Waals surface area contributed by atoms with Gasteiger partial charge in [-0.2, -0.15) is 0 Å². The lowest BCUT2D eigenvalue weighted by molar-refractivity contribution is 0.0334. The van der Waals surface area contributed by atoms with Crippen LogP contribution in [0.15, 0.2) is 40.3 Å². The molecule has 2 aromatic rings. The van der Waals surface area contributed by atoms with Gasteiger partial charge in [-0.15, -0.1) is 11.3 Å². The summed E-state index contributed by atoms with van der Waals surface area (Å²) in [5.74, 6) is -0.329. The van der Waals surface area contributed by atoms with Crippen molar-refractivity contribution in [1.29, 1.82) is 0 Å². The molecule has 0 radical (unpaired) electrons. The Balaban J connectivity index is 2.08. The molecule has 2 heterocycles. The summed E-state index contributed by atoms with van der Waals surface area (Å²) >= 11 is 4.66. The number of halogens is 1. The molecule has 5 heteroatoms. The lowest BCUT2D eigenvalue weighted by atomic mass is 10.2. The standard InChI is InChI=1S/C12H10BrNO2S/c1-8(10-4-2-3-6-14-10)16-12(15)11-9(13)5-7-17-11/h2-8H,1H3. The Kier molecular flexibility index (Phi) is 3.91. The van der Waals surface area contributed by atoms with E-state index in [1.807, 2.05) is 36.6 Å². The smallest absolute Gasteiger partial charge is 0.350 e. The SMILES string of the molecule is CC(OC(=O)c1sccc1Br)c1ccccn1. The fourth-order valence-electron chi connectivity index (χ4n) is 1.33. The number of thiophene rings is 1. The fourth-order valence-corrected chi connectivity index (χ4v) is 2.74. The molecule has 0 amide bonds. The minimum atomic E-state index is -0.349. The van der Waals surface area contributed by atoms with Gasteiger partial charge in [0.05, 0.1) is 5.69 Å². The highest BCUT2D eigenvalue weighted by atomic mass is 79.9. The van der Waals surface area contributed by atoms with E-state index in [9.17, 15) is 4.79 Å². The summed E-state index contributed by atoms with van der Waals surface area (Å²) in [5, 5.41) is 1.84. The van der Waals surface area contributed by atoms with Gasteiger partial charge in [0.25, 0.3) is 0 Å². The number of carbonyl (C=O) groups is 1. The van der Waals surface area contributed by atoms with E-state index in [1.54, 1.807) is 6.20 Å². The molecule has 0 aliphatic heterocycles. The Labute approximate surface area is 112 Å². The average Bonchev–Trinajstić information content (AvgIpc) is 2.76. The van der Waals surface area contributed by atoms with Crippen molar-refractivity contribution in [3.63, 3.8) is 0 Å². The number of ether oxygens (including phenoxy) is 1. The van der Waals surface area contributed by atoms with Gasteiger partial charge in [0.1, 0.15) is 11.0 Å². The third-order valence-corrected chi connectivity index (χ3v) is 4.01. The van der Waals surface area contributed by atoms with Crippen LogP contribution in [0.25, 0.3) is 0 Å². The first kappa shape index (κ1) is 12.3. The Morgan fingerprint density at radius 3 is 2.88 bits per heavy atom. The molecule has 1 atom stereocenters. The summed E-state index contributed by atoms with van der Waals surface area (Å²) in [6.07, 6.45) is 1.33. The fraction of sp³-hybridized carbons (Fsp3) is 0.167. The van der Waals surface area contributed by atoms with E-state index in [0.717, 1.165) is 10.2 Å². The molecule has 0 fully saturated rings. The molecule has 0 saturated carbocycles. The first-order chi connectivity index (χ1) is 8.18. The van der Waals surface area contributed by atoms with Crippen LogP contribution in [0.2, 0.25) is 0 Å². The van der Waals surface area contributed by atoms with E-state index in [0.29, 0.717) is 4.88 Å². The Morgan fingerprint density at radius 1 is 1.47 bits per heavy atom. The normalized spacial score (nSPS) is 12.1.